The second kappa shape index (κ2) is 7.86. The maximum Gasteiger partial charge on any atom is 0.255 e. The van der Waals surface area contributed by atoms with Gasteiger partial charge < -0.3 is 14.8 Å². The van der Waals surface area contributed by atoms with Crippen molar-refractivity contribution < 1.29 is 14.3 Å². The lowest BCUT2D eigenvalue weighted by molar-refractivity contribution is 0.102. The van der Waals surface area contributed by atoms with Gasteiger partial charge in [0.15, 0.2) is 11.5 Å². The van der Waals surface area contributed by atoms with Crippen LogP contribution in [0.25, 0.3) is 0 Å². The van der Waals surface area contributed by atoms with Crippen molar-refractivity contribution in [3.05, 3.63) is 35.2 Å². The smallest absolute Gasteiger partial charge is 0.255 e. The molecule has 1 heterocycles. The summed E-state index contributed by atoms with van der Waals surface area (Å²) in [6.45, 7) is 6.53. The van der Waals surface area contributed by atoms with Crippen LogP contribution in [0, 0.1) is 13.8 Å². The Bertz CT molecular complexity index is 723. The molecule has 0 aliphatic heterocycles. The van der Waals surface area contributed by atoms with E-state index in [0.717, 1.165) is 29.9 Å². The van der Waals surface area contributed by atoms with Crippen molar-refractivity contribution in [2.75, 3.05) is 19.0 Å². The van der Waals surface area contributed by atoms with Crippen LogP contribution in [0.5, 0.6) is 11.5 Å². The van der Waals surface area contributed by atoms with Crippen molar-refractivity contribution >= 4 is 11.6 Å². The van der Waals surface area contributed by atoms with Crippen LogP contribution in [-0.4, -0.2) is 29.4 Å². The lowest BCUT2D eigenvalue weighted by Crippen LogP contribution is -2.13. The number of hydrogen-bond acceptors (Lipinski definition) is 4. The van der Waals surface area contributed by atoms with E-state index < -0.39 is 0 Å². The van der Waals surface area contributed by atoms with E-state index in [0.29, 0.717) is 23.7 Å². The summed E-state index contributed by atoms with van der Waals surface area (Å²) in [5.41, 5.74) is 2.95. The highest BCUT2D eigenvalue weighted by Crippen LogP contribution is 2.29. The van der Waals surface area contributed by atoms with E-state index in [1.165, 1.54) is 0 Å². The Hall–Kier alpha value is -2.50. The normalized spacial score (nSPS) is 10.5. The minimum absolute atomic E-state index is 0.201. The average Bonchev–Trinajstić information content (AvgIpc) is 2.81. The van der Waals surface area contributed by atoms with Gasteiger partial charge in [-0.25, -0.2) is 0 Å². The van der Waals surface area contributed by atoms with Crippen LogP contribution in [0.2, 0.25) is 0 Å². The molecule has 130 valence electrons. The number of nitrogens with zero attached hydrogens (tertiary/aromatic N) is 2. The number of methoxy groups -OCH3 is 1. The van der Waals surface area contributed by atoms with Gasteiger partial charge >= 0.3 is 0 Å². The quantitative estimate of drug-likeness (QED) is 0.789. The number of aryl methyl sites for hydroxylation is 2. The third-order valence-corrected chi connectivity index (χ3v) is 3.93. The number of anilines is 1. The van der Waals surface area contributed by atoms with Crippen LogP contribution in [-0.2, 0) is 7.05 Å². The van der Waals surface area contributed by atoms with Crippen molar-refractivity contribution in [3.8, 4) is 11.5 Å². The molecule has 6 nitrogen and oxygen atoms in total. The molecule has 0 saturated heterocycles. The zero-order valence-corrected chi connectivity index (χ0v) is 15.0. The first kappa shape index (κ1) is 17.8. The lowest BCUT2D eigenvalue weighted by Gasteiger charge is -2.12. The number of carbonyl (C=O) groups excluding carboxylic acids is 1. The first-order valence-electron chi connectivity index (χ1n) is 8.10. The second-order valence-electron chi connectivity index (χ2n) is 5.69. The van der Waals surface area contributed by atoms with Gasteiger partial charge in [0.05, 0.1) is 30.8 Å². The third kappa shape index (κ3) is 3.88. The number of unbranched alkanes of at least 4 members (excludes halogenated alkanes) is 1. The van der Waals surface area contributed by atoms with E-state index in [9.17, 15) is 4.79 Å². The first-order valence-corrected chi connectivity index (χ1v) is 8.10. The Morgan fingerprint density at radius 3 is 2.62 bits per heavy atom. The lowest BCUT2D eigenvalue weighted by atomic mass is 10.1. The summed E-state index contributed by atoms with van der Waals surface area (Å²) in [5, 5.41) is 7.22. The van der Waals surface area contributed by atoms with Gasteiger partial charge in [0, 0.05) is 12.6 Å². The SMILES string of the molecule is CCCCOc1ccc(C(=O)Nc2c(C)nn(C)c2C)cc1OC. The van der Waals surface area contributed by atoms with Crippen LogP contribution < -0.4 is 14.8 Å². The van der Waals surface area contributed by atoms with Crippen molar-refractivity contribution in [2.24, 2.45) is 7.05 Å². The van der Waals surface area contributed by atoms with Gasteiger partial charge in [-0.05, 0) is 38.5 Å². The standard InChI is InChI=1S/C18H25N3O3/c1-6-7-10-24-15-9-8-14(11-16(15)23-5)18(22)19-17-12(2)20-21(4)13(17)3/h8-9,11H,6-7,10H2,1-5H3,(H,19,22). The van der Waals surface area contributed by atoms with Crippen LogP contribution in [0.1, 0.15) is 41.5 Å². The Morgan fingerprint density at radius 2 is 2.04 bits per heavy atom. The Balaban J connectivity index is 2.17. The zero-order chi connectivity index (χ0) is 17.7. The molecular weight excluding hydrogens is 306 g/mol. The number of aromatic nitrogens is 2. The fraction of sp³-hybridized carbons (Fsp3) is 0.444. The summed E-state index contributed by atoms with van der Waals surface area (Å²) in [7, 11) is 3.42. The highest BCUT2D eigenvalue weighted by molar-refractivity contribution is 6.05. The highest BCUT2D eigenvalue weighted by atomic mass is 16.5. The van der Waals surface area contributed by atoms with Gasteiger partial charge in [-0.1, -0.05) is 13.3 Å². The van der Waals surface area contributed by atoms with Crippen molar-refractivity contribution in [2.45, 2.75) is 33.6 Å². The average molecular weight is 331 g/mol. The summed E-state index contributed by atoms with van der Waals surface area (Å²) in [4.78, 5) is 12.5. The minimum atomic E-state index is -0.201. The van der Waals surface area contributed by atoms with E-state index >= 15 is 0 Å². The number of carbonyl (C=O) groups is 1. The van der Waals surface area contributed by atoms with E-state index in [4.69, 9.17) is 9.47 Å². The highest BCUT2D eigenvalue weighted by Gasteiger charge is 2.15. The molecule has 1 N–H and O–H groups in total. The molecule has 1 amide bonds. The summed E-state index contributed by atoms with van der Waals surface area (Å²) in [6, 6.07) is 5.20. The fourth-order valence-electron chi connectivity index (χ4n) is 2.39. The monoisotopic (exact) mass is 331 g/mol. The summed E-state index contributed by atoms with van der Waals surface area (Å²) in [6.07, 6.45) is 2.04. The summed E-state index contributed by atoms with van der Waals surface area (Å²) < 4.78 is 12.8. The molecule has 2 aromatic rings. The van der Waals surface area contributed by atoms with E-state index in [-0.39, 0.29) is 5.91 Å². The second-order valence-corrected chi connectivity index (χ2v) is 5.69. The van der Waals surface area contributed by atoms with Gasteiger partial charge in [0.1, 0.15) is 0 Å². The maximum absolute atomic E-state index is 12.5. The van der Waals surface area contributed by atoms with Gasteiger partial charge in [-0.3, -0.25) is 9.48 Å². The molecular formula is C18H25N3O3. The summed E-state index contributed by atoms with van der Waals surface area (Å²) >= 11 is 0. The molecule has 0 fully saturated rings. The Labute approximate surface area is 142 Å². The van der Waals surface area contributed by atoms with Crippen LogP contribution >= 0.6 is 0 Å². The molecule has 0 aliphatic carbocycles. The molecule has 1 aromatic carbocycles. The molecule has 1 aromatic heterocycles. The number of nitrogens with one attached hydrogen (secondary N) is 1. The number of rotatable bonds is 7. The molecule has 0 saturated carbocycles. The molecule has 0 spiro atoms. The molecule has 0 unspecified atom stereocenters. The van der Waals surface area contributed by atoms with Gasteiger partial charge in [-0.15, -0.1) is 0 Å². The molecule has 0 aliphatic rings. The number of ether oxygens (including phenoxy) is 2. The zero-order valence-electron chi connectivity index (χ0n) is 15.0. The first-order chi connectivity index (χ1) is 11.5. The number of benzene rings is 1. The van der Waals surface area contributed by atoms with Crippen molar-refractivity contribution in [1.29, 1.82) is 0 Å². The predicted molar refractivity (Wildman–Crippen MR) is 94.0 cm³/mol. The van der Waals surface area contributed by atoms with Crippen LogP contribution in [0.15, 0.2) is 18.2 Å². The van der Waals surface area contributed by atoms with Gasteiger partial charge in [-0.2, -0.15) is 5.10 Å². The summed E-state index contributed by atoms with van der Waals surface area (Å²) in [5.74, 6) is 1.00. The third-order valence-electron chi connectivity index (χ3n) is 3.93. The molecule has 0 radical (unpaired) electrons. The van der Waals surface area contributed by atoms with Gasteiger partial charge in [0.2, 0.25) is 0 Å². The topological polar surface area (TPSA) is 65.4 Å². The number of hydrogen-bond donors (Lipinski definition) is 1. The molecule has 2 rings (SSSR count). The van der Waals surface area contributed by atoms with Crippen LogP contribution in [0.4, 0.5) is 5.69 Å². The molecule has 0 atom stereocenters. The molecule has 6 heteroatoms. The molecule has 24 heavy (non-hydrogen) atoms. The predicted octanol–water partition coefficient (Wildman–Crippen LogP) is 3.48. The van der Waals surface area contributed by atoms with Crippen LogP contribution in [0.3, 0.4) is 0 Å². The minimum Gasteiger partial charge on any atom is -0.493 e. The van der Waals surface area contributed by atoms with E-state index in [2.05, 4.69) is 17.3 Å². The van der Waals surface area contributed by atoms with Crippen molar-refractivity contribution in [3.63, 3.8) is 0 Å². The van der Waals surface area contributed by atoms with E-state index in [1.54, 1.807) is 30.0 Å². The maximum atomic E-state index is 12.5. The van der Waals surface area contributed by atoms with Gasteiger partial charge in [0.25, 0.3) is 5.91 Å². The Kier molecular flexibility index (Phi) is 5.84. The fourth-order valence-corrected chi connectivity index (χ4v) is 2.39. The van der Waals surface area contributed by atoms with E-state index in [1.807, 2.05) is 20.9 Å². The largest absolute Gasteiger partial charge is 0.493 e. The van der Waals surface area contributed by atoms with Crippen molar-refractivity contribution in [1.82, 2.24) is 9.78 Å². The number of amides is 1. The molecule has 0 bridgehead atoms. The Morgan fingerprint density at radius 1 is 1.29 bits per heavy atom.